The molecule has 0 saturated carbocycles. The number of aryl methyl sites for hydroxylation is 1. The highest BCUT2D eigenvalue weighted by atomic mass is 32.2. The lowest BCUT2D eigenvalue weighted by Crippen LogP contribution is -2.31. The Morgan fingerprint density at radius 1 is 1.12 bits per heavy atom. The van der Waals surface area contributed by atoms with Gasteiger partial charge in [-0.2, -0.15) is 0 Å². The van der Waals surface area contributed by atoms with Gasteiger partial charge in [-0.3, -0.25) is 0 Å². The summed E-state index contributed by atoms with van der Waals surface area (Å²) in [5.41, 5.74) is 9.49. The van der Waals surface area contributed by atoms with Gasteiger partial charge in [-0.1, -0.05) is 36.4 Å². The summed E-state index contributed by atoms with van der Waals surface area (Å²) < 4.78 is 27.0. The minimum absolute atomic E-state index is 0.0813. The normalized spacial score (nSPS) is 12.4. The van der Waals surface area contributed by atoms with Crippen molar-refractivity contribution in [2.45, 2.75) is 39.1 Å². The molecule has 0 amide bonds. The van der Waals surface area contributed by atoms with E-state index >= 15 is 0 Å². The molecule has 140 valence electrons. The van der Waals surface area contributed by atoms with E-state index in [0.29, 0.717) is 12.1 Å². The molecule has 0 atom stereocenters. The Morgan fingerprint density at radius 2 is 1.81 bits per heavy atom. The highest BCUT2D eigenvalue weighted by molar-refractivity contribution is 7.88. The second-order valence-corrected chi connectivity index (χ2v) is 8.25. The van der Waals surface area contributed by atoms with Crippen molar-refractivity contribution in [2.24, 2.45) is 10.7 Å². The van der Waals surface area contributed by atoms with Crippen LogP contribution in [0.25, 0.3) is 0 Å². The Bertz CT molecular complexity index is 877. The predicted molar refractivity (Wildman–Crippen MR) is 107 cm³/mol. The Labute approximate surface area is 155 Å². The number of guanidine groups is 1. The lowest BCUT2D eigenvalue weighted by Gasteiger charge is -2.12. The molecule has 0 aromatic heterocycles. The fourth-order valence-electron chi connectivity index (χ4n) is 2.54. The first-order chi connectivity index (χ1) is 12.2. The molecule has 0 spiro atoms. The number of rotatable bonds is 7. The van der Waals surface area contributed by atoms with E-state index in [1.54, 1.807) is 19.9 Å². The van der Waals surface area contributed by atoms with Crippen molar-refractivity contribution in [1.29, 1.82) is 0 Å². The third-order valence-corrected chi connectivity index (χ3v) is 5.11. The van der Waals surface area contributed by atoms with Crippen molar-refractivity contribution < 1.29 is 8.42 Å². The maximum Gasteiger partial charge on any atom is 0.216 e. The number of nitrogens with two attached hydrogens (primary N) is 1. The number of anilines is 1. The van der Waals surface area contributed by atoms with Gasteiger partial charge in [-0.25, -0.2) is 18.1 Å². The summed E-state index contributed by atoms with van der Waals surface area (Å²) >= 11 is 0. The number of nitrogens with one attached hydrogen (secondary N) is 2. The molecular formula is C19H26N4O2S. The molecule has 0 unspecified atom stereocenters. The number of hydrogen-bond donors (Lipinski definition) is 3. The van der Waals surface area contributed by atoms with Gasteiger partial charge in [-0.15, -0.1) is 0 Å². The molecule has 0 aliphatic carbocycles. The van der Waals surface area contributed by atoms with Crippen molar-refractivity contribution in [3.63, 3.8) is 0 Å². The summed E-state index contributed by atoms with van der Waals surface area (Å²) in [5, 5.41) is 3.04. The maximum atomic E-state index is 12.2. The first kappa shape index (κ1) is 19.9. The average molecular weight is 375 g/mol. The average Bonchev–Trinajstić information content (AvgIpc) is 2.52. The zero-order valence-electron chi connectivity index (χ0n) is 15.4. The second-order valence-electron chi connectivity index (χ2n) is 6.50. The van der Waals surface area contributed by atoms with Crippen LogP contribution >= 0.6 is 0 Å². The van der Waals surface area contributed by atoms with Gasteiger partial charge in [0.05, 0.1) is 12.3 Å². The van der Waals surface area contributed by atoms with Crippen molar-refractivity contribution in [1.82, 2.24) is 4.72 Å². The van der Waals surface area contributed by atoms with E-state index in [2.05, 4.69) is 15.0 Å². The Morgan fingerprint density at radius 3 is 2.46 bits per heavy atom. The summed E-state index contributed by atoms with van der Waals surface area (Å²) in [6.45, 7) is 5.90. The van der Waals surface area contributed by atoms with Gasteiger partial charge in [0.2, 0.25) is 10.0 Å². The Kier molecular flexibility index (Phi) is 6.76. The van der Waals surface area contributed by atoms with Crippen LogP contribution in [0.3, 0.4) is 0 Å². The monoisotopic (exact) mass is 374 g/mol. The van der Waals surface area contributed by atoms with Gasteiger partial charge in [0, 0.05) is 11.7 Å². The van der Waals surface area contributed by atoms with E-state index in [0.717, 1.165) is 16.8 Å². The SMILES string of the molecule is Cc1cccc(NC(N)=NCc2ccccc2CS(=O)(=O)NC(C)C)c1. The van der Waals surface area contributed by atoms with Gasteiger partial charge in [0.1, 0.15) is 0 Å². The molecule has 6 nitrogen and oxygen atoms in total. The van der Waals surface area contributed by atoms with Gasteiger partial charge in [-0.05, 0) is 49.6 Å². The molecule has 0 aliphatic rings. The fourth-order valence-corrected chi connectivity index (χ4v) is 4.03. The van der Waals surface area contributed by atoms with Gasteiger partial charge < -0.3 is 11.1 Å². The second kappa shape index (κ2) is 8.82. The van der Waals surface area contributed by atoms with Crippen molar-refractivity contribution in [2.75, 3.05) is 5.32 Å². The van der Waals surface area contributed by atoms with E-state index in [1.807, 2.05) is 49.4 Å². The van der Waals surface area contributed by atoms with Crippen LogP contribution in [0.4, 0.5) is 5.69 Å². The molecule has 0 radical (unpaired) electrons. The number of aliphatic imine (C=N–C) groups is 1. The van der Waals surface area contributed by atoms with Crippen LogP contribution in [-0.2, 0) is 22.3 Å². The Hall–Kier alpha value is -2.38. The van der Waals surface area contributed by atoms with Crippen LogP contribution in [0.1, 0.15) is 30.5 Å². The highest BCUT2D eigenvalue weighted by Gasteiger charge is 2.15. The van der Waals surface area contributed by atoms with Crippen LogP contribution in [-0.4, -0.2) is 20.4 Å². The number of hydrogen-bond acceptors (Lipinski definition) is 3. The topological polar surface area (TPSA) is 96.6 Å². The first-order valence-electron chi connectivity index (χ1n) is 8.45. The molecule has 0 fully saturated rings. The summed E-state index contributed by atoms with van der Waals surface area (Å²) in [4.78, 5) is 4.34. The lowest BCUT2D eigenvalue weighted by atomic mass is 10.1. The molecule has 0 heterocycles. The van der Waals surface area contributed by atoms with Crippen LogP contribution in [0.5, 0.6) is 0 Å². The number of nitrogens with zero attached hydrogens (tertiary/aromatic N) is 1. The van der Waals surface area contributed by atoms with Crippen LogP contribution in [0.2, 0.25) is 0 Å². The van der Waals surface area contributed by atoms with E-state index in [4.69, 9.17) is 5.73 Å². The Balaban J connectivity index is 2.10. The molecule has 0 bridgehead atoms. The largest absolute Gasteiger partial charge is 0.370 e. The zero-order valence-corrected chi connectivity index (χ0v) is 16.2. The summed E-state index contributed by atoms with van der Waals surface area (Å²) in [7, 11) is -3.39. The van der Waals surface area contributed by atoms with Gasteiger partial charge in [0.25, 0.3) is 0 Å². The highest BCUT2D eigenvalue weighted by Crippen LogP contribution is 2.14. The fraction of sp³-hybridized carbons (Fsp3) is 0.316. The minimum atomic E-state index is -3.39. The summed E-state index contributed by atoms with van der Waals surface area (Å²) in [6, 6.07) is 15.0. The van der Waals surface area contributed by atoms with Crippen LogP contribution < -0.4 is 15.8 Å². The van der Waals surface area contributed by atoms with E-state index < -0.39 is 10.0 Å². The third-order valence-electron chi connectivity index (χ3n) is 3.59. The first-order valence-corrected chi connectivity index (χ1v) is 10.1. The molecule has 26 heavy (non-hydrogen) atoms. The number of sulfonamides is 1. The summed E-state index contributed by atoms with van der Waals surface area (Å²) in [5.74, 6) is 0.204. The van der Waals surface area contributed by atoms with Crippen LogP contribution in [0, 0.1) is 6.92 Å². The maximum absolute atomic E-state index is 12.2. The number of benzene rings is 2. The lowest BCUT2D eigenvalue weighted by molar-refractivity contribution is 0.569. The van der Waals surface area contributed by atoms with Gasteiger partial charge >= 0.3 is 0 Å². The molecule has 2 rings (SSSR count). The molecule has 2 aromatic rings. The quantitative estimate of drug-likeness (QED) is 0.513. The van der Waals surface area contributed by atoms with Gasteiger partial charge in [0.15, 0.2) is 5.96 Å². The molecular weight excluding hydrogens is 348 g/mol. The van der Waals surface area contributed by atoms with Crippen LogP contribution in [0.15, 0.2) is 53.5 Å². The van der Waals surface area contributed by atoms with Crippen molar-refractivity contribution in [3.8, 4) is 0 Å². The standard InChI is InChI=1S/C19H26N4O2S/c1-14(2)23-26(24,25)13-17-9-5-4-8-16(17)12-21-19(20)22-18-10-6-7-15(3)11-18/h4-11,14,23H,12-13H2,1-3H3,(H3,20,21,22). The van der Waals surface area contributed by atoms with E-state index in [9.17, 15) is 8.42 Å². The molecule has 7 heteroatoms. The van der Waals surface area contributed by atoms with E-state index in [1.165, 1.54) is 0 Å². The molecule has 2 aromatic carbocycles. The van der Waals surface area contributed by atoms with Crippen molar-refractivity contribution in [3.05, 3.63) is 65.2 Å². The molecule has 0 aliphatic heterocycles. The predicted octanol–water partition coefficient (Wildman–Crippen LogP) is 2.75. The summed E-state index contributed by atoms with van der Waals surface area (Å²) in [6.07, 6.45) is 0. The zero-order chi connectivity index (χ0) is 19.2. The third kappa shape index (κ3) is 6.50. The smallest absolute Gasteiger partial charge is 0.216 e. The molecule has 0 saturated heterocycles. The molecule has 4 N–H and O–H groups in total. The minimum Gasteiger partial charge on any atom is -0.370 e. The van der Waals surface area contributed by atoms with Crippen molar-refractivity contribution >= 4 is 21.7 Å². The van der Waals surface area contributed by atoms with E-state index in [-0.39, 0.29) is 17.8 Å².